The zero-order chi connectivity index (χ0) is 30.6. The molecule has 0 spiro atoms. The highest BCUT2D eigenvalue weighted by molar-refractivity contribution is 7.98. The summed E-state index contributed by atoms with van der Waals surface area (Å²) in [4.78, 5) is 27.1. The molecule has 0 radical (unpaired) electrons. The van der Waals surface area contributed by atoms with E-state index in [9.17, 15) is 14.7 Å². The number of H-pyrrole nitrogens is 1. The summed E-state index contributed by atoms with van der Waals surface area (Å²) in [5.41, 5.74) is -0.517. The summed E-state index contributed by atoms with van der Waals surface area (Å²) in [7, 11) is 3.24. The van der Waals surface area contributed by atoms with Crippen LogP contribution in [0.3, 0.4) is 0 Å². The van der Waals surface area contributed by atoms with Crippen molar-refractivity contribution in [3.05, 3.63) is 128 Å². The molecule has 226 valence electrons. The van der Waals surface area contributed by atoms with E-state index >= 15 is 0 Å². The van der Waals surface area contributed by atoms with Crippen LogP contribution in [0, 0.1) is 6.92 Å². The van der Waals surface area contributed by atoms with Gasteiger partial charge in [-0.05, 0) is 54.1 Å². The topological polar surface area (TPSA) is 112 Å². The van der Waals surface area contributed by atoms with Crippen LogP contribution in [0.5, 0.6) is 11.5 Å². The van der Waals surface area contributed by atoms with E-state index in [0.717, 1.165) is 16.7 Å². The second-order valence-corrected chi connectivity index (χ2v) is 11.5. The molecule has 2 heterocycles. The number of ether oxygens (including phenoxy) is 4. The minimum absolute atomic E-state index is 0.00238. The number of nitrogens with one attached hydrogen (secondary N) is 1. The molecule has 5 rings (SSSR count). The van der Waals surface area contributed by atoms with Gasteiger partial charge in [0.25, 0.3) is 5.56 Å². The molecule has 4 aromatic rings. The minimum atomic E-state index is -1.31. The fraction of sp³-hybridized carbons (Fsp3) is 0.333. The van der Waals surface area contributed by atoms with E-state index in [1.165, 1.54) is 22.5 Å². The van der Waals surface area contributed by atoms with E-state index < -0.39 is 34.8 Å². The molecule has 9 nitrogen and oxygen atoms in total. The first-order valence-electron chi connectivity index (χ1n) is 13.9. The van der Waals surface area contributed by atoms with E-state index in [2.05, 4.69) is 4.98 Å². The van der Waals surface area contributed by atoms with Crippen LogP contribution in [-0.4, -0.2) is 59.2 Å². The smallest absolute Gasteiger partial charge is 0.330 e. The first kappa shape index (κ1) is 30.6. The Hall–Kier alpha value is -3.83. The van der Waals surface area contributed by atoms with Crippen molar-refractivity contribution in [3.8, 4) is 11.5 Å². The maximum atomic E-state index is 12.7. The molecule has 0 saturated carbocycles. The summed E-state index contributed by atoms with van der Waals surface area (Å²) in [6.45, 7) is 1.62. The lowest BCUT2D eigenvalue weighted by atomic mass is 9.80. The zero-order valence-electron chi connectivity index (χ0n) is 24.6. The lowest BCUT2D eigenvalue weighted by Crippen LogP contribution is -2.46. The van der Waals surface area contributed by atoms with Gasteiger partial charge in [-0.25, -0.2) is 4.79 Å². The van der Waals surface area contributed by atoms with Gasteiger partial charge in [-0.1, -0.05) is 54.6 Å². The summed E-state index contributed by atoms with van der Waals surface area (Å²) < 4.78 is 25.6. The summed E-state index contributed by atoms with van der Waals surface area (Å²) in [5, 5.41) is 11.9. The van der Waals surface area contributed by atoms with E-state index in [1.54, 1.807) is 21.1 Å². The zero-order valence-corrected chi connectivity index (χ0v) is 25.4. The second kappa shape index (κ2) is 12.8. The number of methoxy groups -OCH3 is 2. The second-order valence-electron chi connectivity index (χ2n) is 10.6. The predicted molar refractivity (Wildman–Crippen MR) is 166 cm³/mol. The third-order valence-corrected chi connectivity index (χ3v) is 8.71. The third kappa shape index (κ3) is 6.01. The largest absolute Gasteiger partial charge is 0.497 e. The molecule has 0 bridgehead atoms. The molecule has 1 aliphatic rings. The molecule has 0 amide bonds. The van der Waals surface area contributed by atoms with Gasteiger partial charge in [0.2, 0.25) is 0 Å². The Morgan fingerprint density at radius 1 is 0.953 bits per heavy atom. The van der Waals surface area contributed by atoms with Gasteiger partial charge in [0, 0.05) is 23.9 Å². The first-order chi connectivity index (χ1) is 20.7. The number of nitrogens with zero attached hydrogens (tertiary/aromatic N) is 1. The van der Waals surface area contributed by atoms with Crippen molar-refractivity contribution in [2.45, 2.75) is 36.9 Å². The lowest BCUT2D eigenvalue weighted by Gasteiger charge is -2.38. The number of hydrogen-bond donors (Lipinski definition) is 2. The average molecular weight is 605 g/mol. The maximum absolute atomic E-state index is 12.7. The van der Waals surface area contributed by atoms with Crippen LogP contribution in [-0.2, 0) is 15.1 Å². The van der Waals surface area contributed by atoms with Crippen molar-refractivity contribution in [2.24, 2.45) is 0 Å². The Labute approximate surface area is 254 Å². The highest BCUT2D eigenvalue weighted by atomic mass is 32.2. The van der Waals surface area contributed by atoms with Gasteiger partial charge in [0.1, 0.15) is 35.0 Å². The molecule has 2 N–H and O–H groups in total. The standard InChI is InChI=1S/C33H36N2O7S/c1-22-19-35(31(37)34-30(22)36)29-18-32(38,21-43-4)28(42-29)20-41-33(23-8-6-5-7-9-23,24-10-14-26(39-2)15-11-24)25-12-16-27(40-3)17-13-25/h5-17,19,28-29,38H,18,20-21H2,1-4H3,(H,34,36,37)/t28-,29-,32-/m1/s1. The Bertz CT molecular complexity index is 1590. The van der Waals surface area contributed by atoms with Gasteiger partial charge < -0.3 is 24.1 Å². The quantitative estimate of drug-likeness (QED) is 0.245. The molecule has 1 saturated heterocycles. The number of aromatic amines is 1. The van der Waals surface area contributed by atoms with E-state index in [-0.39, 0.29) is 13.0 Å². The number of aromatic nitrogens is 2. The highest BCUT2D eigenvalue weighted by Crippen LogP contribution is 2.44. The Kier molecular flexibility index (Phi) is 9.12. The molecule has 10 heteroatoms. The molecule has 43 heavy (non-hydrogen) atoms. The van der Waals surface area contributed by atoms with Gasteiger partial charge in [0.15, 0.2) is 0 Å². The highest BCUT2D eigenvalue weighted by Gasteiger charge is 2.50. The van der Waals surface area contributed by atoms with E-state index in [0.29, 0.717) is 22.8 Å². The van der Waals surface area contributed by atoms with Crippen LogP contribution in [0.2, 0.25) is 0 Å². The predicted octanol–water partition coefficient (Wildman–Crippen LogP) is 4.25. The molecular weight excluding hydrogens is 568 g/mol. The van der Waals surface area contributed by atoms with Gasteiger partial charge in [0.05, 0.1) is 20.8 Å². The van der Waals surface area contributed by atoms with Crippen molar-refractivity contribution < 1.29 is 24.1 Å². The molecule has 3 atom stereocenters. The molecule has 0 aliphatic carbocycles. The van der Waals surface area contributed by atoms with Gasteiger partial charge in [-0.15, -0.1) is 0 Å². The number of hydrogen-bond acceptors (Lipinski definition) is 8. The lowest BCUT2D eigenvalue weighted by molar-refractivity contribution is -0.114. The number of aliphatic hydroxyl groups is 1. The Morgan fingerprint density at radius 3 is 2.05 bits per heavy atom. The van der Waals surface area contributed by atoms with Crippen molar-refractivity contribution in [2.75, 3.05) is 32.8 Å². The fourth-order valence-electron chi connectivity index (χ4n) is 5.63. The Morgan fingerprint density at radius 2 is 1.51 bits per heavy atom. The molecular formula is C33H36N2O7S. The van der Waals surface area contributed by atoms with Crippen molar-refractivity contribution in [1.82, 2.24) is 9.55 Å². The van der Waals surface area contributed by atoms with Crippen LogP contribution < -0.4 is 20.7 Å². The third-order valence-electron chi connectivity index (χ3n) is 7.92. The monoisotopic (exact) mass is 604 g/mol. The first-order valence-corrected chi connectivity index (χ1v) is 15.3. The van der Waals surface area contributed by atoms with Crippen molar-refractivity contribution in [1.29, 1.82) is 0 Å². The number of thioether (sulfide) groups is 1. The van der Waals surface area contributed by atoms with Crippen LogP contribution >= 0.6 is 11.8 Å². The van der Waals surface area contributed by atoms with Crippen LogP contribution in [0.4, 0.5) is 0 Å². The van der Waals surface area contributed by atoms with Crippen LogP contribution in [0.1, 0.15) is 34.9 Å². The van der Waals surface area contributed by atoms with Crippen LogP contribution in [0.25, 0.3) is 0 Å². The van der Waals surface area contributed by atoms with E-state index in [1.807, 2.05) is 85.1 Å². The van der Waals surface area contributed by atoms with E-state index in [4.69, 9.17) is 18.9 Å². The number of rotatable bonds is 11. The summed E-state index contributed by atoms with van der Waals surface area (Å²) in [6.07, 6.45) is 1.95. The SMILES string of the molecule is COc1ccc(C(OC[C@H]2O[C@@H](n3cc(C)c(=O)[nH]c3=O)C[C@@]2(O)CSC)(c2ccccc2)c2ccc(OC)cc2)cc1. The van der Waals surface area contributed by atoms with Gasteiger partial charge >= 0.3 is 5.69 Å². The molecule has 1 aliphatic heterocycles. The fourth-order valence-corrected chi connectivity index (χ4v) is 6.44. The van der Waals surface area contributed by atoms with Crippen LogP contribution in [0.15, 0.2) is 94.6 Å². The average Bonchev–Trinajstić information content (AvgIpc) is 3.35. The molecule has 0 unspecified atom stereocenters. The summed E-state index contributed by atoms with van der Waals surface area (Å²) in [6, 6.07) is 25.3. The molecule has 1 aromatic heterocycles. The van der Waals surface area contributed by atoms with Gasteiger partial charge in [-0.2, -0.15) is 11.8 Å². The maximum Gasteiger partial charge on any atom is 0.330 e. The van der Waals surface area contributed by atoms with Gasteiger partial charge in [-0.3, -0.25) is 14.3 Å². The summed E-state index contributed by atoms with van der Waals surface area (Å²) >= 11 is 1.48. The molecule has 3 aromatic carbocycles. The van der Waals surface area contributed by atoms with Crippen molar-refractivity contribution in [3.63, 3.8) is 0 Å². The normalized spacial score (nSPS) is 20.2. The molecule has 1 fully saturated rings. The van der Waals surface area contributed by atoms with Crippen molar-refractivity contribution >= 4 is 11.8 Å². The minimum Gasteiger partial charge on any atom is -0.497 e. The number of benzene rings is 3. The number of aryl methyl sites for hydroxylation is 1. The Balaban J connectivity index is 1.59. The summed E-state index contributed by atoms with van der Waals surface area (Å²) in [5.74, 6) is 1.77.